The SMILES string of the molecule is CCN(C)c1nc2c(s1)CCCC2=O. The van der Waals surface area contributed by atoms with Crippen LogP contribution in [0.25, 0.3) is 0 Å². The average Bonchev–Trinajstić information content (AvgIpc) is 2.62. The molecule has 1 heterocycles. The normalized spacial score (nSPS) is 15.4. The molecule has 0 aromatic carbocycles. The van der Waals surface area contributed by atoms with Crippen molar-refractivity contribution >= 4 is 22.3 Å². The van der Waals surface area contributed by atoms with Crippen LogP contribution in [0, 0.1) is 0 Å². The summed E-state index contributed by atoms with van der Waals surface area (Å²) in [7, 11) is 2.01. The quantitative estimate of drug-likeness (QED) is 0.749. The topological polar surface area (TPSA) is 33.2 Å². The first-order valence-corrected chi connectivity index (χ1v) is 5.78. The maximum absolute atomic E-state index is 11.5. The number of Topliss-reactive ketones (excluding diaryl/α,β-unsaturated/α-hetero) is 1. The molecule has 1 aromatic rings. The minimum atomic E-state index is 0.221. The number of thiazole rings is 1. The molecule has 0 bridgehead atoms. The van der Waals surface area contributed by atoms with E-state index in [1.165, 1.54) is 4.88 Å². The van der Waals surface area contributed by atoms with Gasteiger partial charge in [0.15, 0.2) is 10.9 Å². The molecule has 2 rings (SSSR count). The van der Waals surface area contributed by atoms with Gasteiger partial charge in [-0.05, 0) is 19.8 Å². The van der Waals surface area contributed by atoms with Crippen LogP contribution in [-0.4, -0.2) is 24.4 Å². The van der Waals surface area contributed by atoms with E-state index < -0.39 is 0 Å². The van der Waals surface area contributed by atoms with Crippen LogP contribution >= 0.6 is 11.3 Å². The van der Waals surface area contributed by atoms with Crippen LogP contribution in [0.1, 0.15) is 35.1 Å². The van der Waals surface area contributed by atoms with E-state index in [9.17, 15) is 4.79 Å². The summed E-state index contributed by atoms with van der Waals surface area (Å²) in [4.78, 5) is 19.2. The van der Waals surface area contributed by atoms with Gasteiger partial charge in [0.1, 0.15) is 5.69 Å². The Bertz CT molecular complexity index is 359. The monoisotopic (exact) mass is 210 g/mol. The molecule has 0 N–H and O–H groups in total. The van der Waals surface area contributed by atoms with Crippen molar-refractivity contribution in [2.75, 3.05) is 18.5 Å². The van der Waals surface area contributed by atoms with Gasteiger partial charge in [-0.25, -0.2) is 4.98 Å². The molecule has 1 aliphatic carbocycles. The van der Waals surface area contributed by atoms with E-state index in [1.807, 2.05) is 7.05 Å². The van der Waals surface area contributed by atoms with E-state index in [4.69, 9.17) is 0 Å². The molecule has 76 valence electrons. The number of anilines is 1. The lowest BCUT2D eigenvalue weighted by atomic mass is 10.0. The predicted octanol–water partition coefficient (Wildman–Crippen LogP) is 2.12. The minimum Gasteiger partial charge on any atom is -0.351 e. The third-order valence-electron chi connectivity index (χ3n) is 2.56. The first kappa shape index (κ1) is 9.65. The van der Waals surface area contributed by atoms with Gasteiger partial charge in [0, 0.05) is 24.9 Å². The second kappa shape index (κ2) is 3.69. The van der Waals surface area contributed by atoms with Crippen molar-refractivity contribution < 1.29 is 4.79 Å². The Kier molecular flexibility index (Phi) is 2.54. The Morgan fingerprint density at radius 3 is 2.93 bits per heavy atom. The first-order chi connectivity index (χ1) is 6.72. The van der Waals surface area contributed by atoms with Crippen molar-refractivity contribution in [2.45, 2.75) is 26.2 Å². The van der Waals surface area contributed by atoms with Gasteiger partial charge < -0.3 is 4.90 Å². The number of aryl methyl sites for hydroxylation is 1. The lowest BCUT2D eigenvalue weighted by Crippen LogP contribution is -2.15. The van der Waals surface area contributed by atoms with Gasteiger partial charge in [-0.2, -0.15) is 0 Å². The standard InChI is InChI=1S/C10H14N2OS/c1-3-12(2)10-11-9-7(13)5-4-6-8(9)14-10/h3-6H2,1-2H3. The molecule has 0 unspecified atom stereocenters. The van der Waals surface area contributed by atoms with Gasteiger partial charge in [0.2, 0.25) is 0 Å². The van der Waals surface area contributed by atoms with Crippen LogP contribution in [0.3, 0.4) is 0 Å². The van der Waals surface area contributed by atoms with Crippen molar-refractivity contribution in [2.24, 2.45) is 0 Å². The van der Waals surface area contributed by atoms with E-state index in [0.29, 0.717) is 6.42 Å². The van der Waals surface area contributed by atoms with Gasteiger partial charge in [-0.1, -0.05) is 0 Å². The average molecular weight is 210 g/mol. The molecule has 14 heavy (non-hydrogen) atoms. The smallest absolute Gasteiger partial charge is 0.185 e. The molecule has 4 heteroatoms. The number of carbonyl (C=O) groups excluding carboxylic acids is 1. The zero-order chi connectivity index (χ0) is 10.1. The second-order valence-corrected chi connectivity index (χ2v) is 4.62. The summed E-state index contributed by atoms with van der Waals surface area (Å²) in [6.07, 6.45) is 2.69. The lowest BCUT2D eigenvalue weighted by molar-refractivity contribution is 0.0968. The summed E-state index contributed by atoms with van der Waals surface area (Å²) in [6, 6.07) is 0. The fraction of sp³-hybridized carbons (Fsp3) is 0.600. The molecule has 0 aliphatic heterocycles. The summed E-state index contributed by atoms with van der Waals surface area (Å²) >= 11 is 1.67. The number of nitrogens with zero attached hydrogens (tertiary/aromatic N) is 2. The molecule has 0 saturated carbocycles. The Balaban J connectivity index is 2.35. The van der Waals surface area contributed by atoms with Gasteiger partial charge in [-0.15, -0.1) is 11.3 Å². The summed E-state index contributed by atoms with van der Waals surface area (Å²) in [5, 5.41) is 0.979. The Labute approximate surface area is 87.8 Å². The van der Waals surface area contributed by atoms with Crippen LogP contribution in [0.5, 0.6) is 0 Å². The van der Waals surface area contributed by atoms with E-state index in [2.05, 4.69) is 16.8 Å². The number of hydrogen-bond acceptors (Lipinski definition) is 4. The van der Waals surface area contributed by atoms with E-state index in [-0.39, 0.29) is 5.78 Å². The van der Waals surface area contributed by atoms with Crippen LogP contribution in [0.15, 0.2) is 0 Å². The predicted molar refractivity (Wildman–Crippen MR) is 58.3 cm³/mol. The number of aromatic nitrogens is 1. The number of hydrogen-bond donors (Lipinski definition) is 0. The molecule has 0 spiro atoms. The van der Waals surface area contributed by atoms with E-state index in [0.717, 1.165) is 30.2 Å². The molecule has 1 aliphatic rings. The van der Waals surface area contributed by atoms with Crippen LogP contribution in [-0.2, 0) is 6.42 Å². The summed E-state index contributed by atoms with van der Waals surface area (Å²) in [5.74, 6) is 0.221. The van der Waals surface area contributed by atoms with E-state index in [1.54, 1.807) is 11.3 Å². The number of fused-ring (bicyclic) bond motifs is 1. The molecular weight excluding hydrogens is 196 g/mol. The zero-order valence-electron chi connectivity index (χ0n) is 8.54. The Hall–Kier alpha value is -0.900. The summed E-state index contributed by atoms with van der Waals surface area (Å²) in [5.41, 5.74) is 0.733. The molecule has 0 fully saturated rings. The highest BCUT2D eigenvalue weighted by Crippen LogP contribution is 2.30. The highest BCUT2D eigenvalue weighted by atomic mass is 32.1. The van der Waals surface area contributed by atoms with Crippen molar-refractivity contribution in [1.82, 2.24) is 4.98 Å². The third kappa shape index (κ3) is 1.54. The van der Waals surface area contributed by atoms with Gasteiger partial charge in [-0.3, -0.25) is 4.79 Å². The lowest BCUT2D eigenvalue weighted by Gasteiger charge is -2.10. The second-order valence-electron chi connectivity index (χ2n) is 3.56. The maximum atomic E-state index is 11.5. The molecule has 0 amide bonds. The summed E-state index contributed by atoms with van der Waals surface area (Å²) < 4.78 is 0. The molecule has 0 atom stereocenters. The van der Waals surface area contributed by atoms with Crippen molar-refractivity contribution in [3.8, 4) is 0 Å². The summed E-state index contributed by atoms with van der Waals surface area (Å²) in [6.45, 7) is 3.02. The Morgan fingerprint density at radius 2 is 2.29 bits per heavy atom. The van der Waals surface area contributed by atoms with Crippen LogP contribution in [0.4, 0.5) is 5.13 Å². The zero-order valence-corrected chi connectivity index (χ0v) is 9.36. The highest BCUT2D eigenvalue weighted by Gasteiger charge is 2.22. The number of carbonyl (C=O) groups is 1. The number of ketones is 1. The Morgan fingerprint density at radius 1 is 1.50 bits per heavy atom. The molecule has 0 saturated heterocycles. The maximum Gasteiger partial charge on any atom is 0.185 e. The fourth-order valence-electron chi connectivity index (χ4n) is 1.55. The molecular formula is C10H14N2OS. The molecule has 1 aromatic heterocycles. The van der Waals surface area contributed by atoms with Gasteiger partial charge >= 0.3 is 0 Å². The molecule has 3 nitrogen and oxygen atoms in total. The van der Waals surface area contributed by atoms with Crippen LogP contribution < -0.4 is 4.90 Å². The van der Waals surface area contributed by atoms with E-state index >= 15 is 0 Å². The fourth-order valence-corrected chi connectivity index (χ4v) is 2.70. The van der Waals surface area contributed by atoms with Crippen LogP contribution in [0.2, 0.25) is 0 Å². The number of rotatable bonds is 2. The largest absolute Gasteiger partial charge is 0.351 e. The van der Waals surface area contributed by atoms with Crippen molar-refractivity contribution in [3.63, 3.8) is 0 Å². The first-order valence-electron chi connectivity index (χ1n) is 4.96. The van der Waals surface area contributed by atoms with Crippen molar-refractivity contribution in [3.05, 3.63) is 10.6 Å². The highest BCUT2D eigenvalue weighted by molar-refractivity contribution is 7.15. The molecule has 0 radical (unpaired) electrons. The third-order valence-corrected chi connectivity index (χ3v) is 3.79. The van der Waals surface area contributed by atoms with Gasteiger partial charge in [0.25, 0.3) is 0 Å². The minimum absolute atomic E-state index is 0.221. The van der Waals surface area contributed by atoms with Gasteiger partial charge in [0.05, 0.1) is 0 Å². The van der Waals surface area contributed by atoms with Crippen molar-refractivity contribution in [1.29, 1.82) is 0 Å².